The molecule has 0 aliphatic heterocycles. The van der Waals surface area contributed by atoms with Crippen molar-refractivity contribution in [2.75, 3.05) is 0 Å². The minimum absolute atomic E-state index is 0.239. The Morgan fingerprint density at radius 2 is 2.12 bits per heavy atom. The van der Waals surface area contributed by atoms with E-state index in [0.29, 0.717) is 5.58 Å². The van der Waals surface area contributed by atoms with Gasteiger partial charge in [-0.15, -0.1) is 0 Å². The van der Waals surface area contributed by atoms with Crippen LogP contribution in [-0.4, -0.2) is 4.57 Å². The van der Waals surface area contributed by atoms with Crippen molar-refractivity contribution in [3.63, 3.8) is 0 Å². The van der Waals surface area contributed by atoms with Crippen LogP contribution < -0.4 is 5.76 Å². The van der Waals surface area contributed by atoms with Gasteiger partial charge in [-0.3, -0.25) is 4.57 Å². The Kier molecular flexibility index (Phi) is 3.13. The van der Waals surface area contributed by atoms with Crippen LogP contribution in [-0.2, 0) is 6.54 Å². The Morgan fingerprint density at radius 1 is 1.31 bits per heavy atom. The summed E-state index contributed by atoms with van der Waals surface area (Å²) < 4.78 is 6.93. The van der Waals surface area contributed by atoms with Crippen LogP contribution in [0, 0.1) is 6.92 Å². The second-order valence-corrected chi connectivity index (χ2v) is 4.20. The largest absolute Gasteiger partial charge is 0.419 e. The number of hydrogen-bond acceptors (Lipinski definition) is 2. The van der Waals surface area contributed by atoms with Crippen LogP contribution in [0.15, 0.2) is 27.4 Å². The quantitative estimate of drug-likeness (QED) is 0.741. The molecule has 0 atom stereocenters. The lowest BCUT2D eigenvalue weighted by Gasteiger charge is -2.01. The monoisotopic (exact) mass is 219 g/mol. The van der Waals surface area contributed by atoms with Gasteiger partial charge in [-0.25, -0.2) is 4.79 Å². The summed E-state index contributed by atoms with van der Waals surface area (Å²) in [5.74, 6) is -0.239. The first-order valence-corrected chi connectivity index (χ1v) is 5.82. The van der Waals surface area contributed by atoms with Crippen LogP contribution in [0.25, 0.3) is 11.1 Å². The van der Waals surface area contributed by atoms with Gasteiger partial charge in [0.25, 0.3) is 0 Å². The third kappa shape index (κ3) is 2.03. The van der Waals surface area contributed by atoms with Gasteiger partial charge < -0.3 is 4.42 Å². The summed E-state index contributed by atoms with van der Waals surface area (Å²) in [6.07, 6.45) is 3.33. The average Bonchev–Trinajstić information content (AvgIpc) is 2.56. The van der Waals surface area contributed by atoms with Gasteiger partial charge in [-0.05, 0) is 31.0 Å². The zero-order chi connectivity index (χ0) is 11.5. The van der Waals surface area contributed by atoms with E-state index in [0.717, 1.165) is 36.9 Å². The van der Waals surface area contributed by atoms with Gasteiger partial charge in [0.05, 0.1) is 5.52 Å². The second kappa shape index (κ2) is 4.56. The summed E-state index contributed by atoms with van der Waals surface area (Å²) in [5, 5.41) is 0. The van der Waals surface area contributed by atoms with Crippen LogP contribution >= 0.6 is 0 Å². The molecule has 0 aliphatic carbocycles. The zero-order valence-electron chi connectivity index (χ0n) is 9.82. The Morgan fingerprint density at radius 3 is 2.88 bits per heavy atom. The third-order valence-corrected chi connectivity index (χ3v) is 2.81. The molecule has 1 aromatic heterocycles. The van der Waals surface area contributed by atoms with Crippen molar-refractivity contribution in [1.82, 2.24) is 4.57 Å². The number of aromatic nitrogens is 1. The third-order valence-electron chi connectivity index (χ3n) is 2.81. The van der Waals surface area contributed by atoms with Gasteiger partial charge in [0.15, 0.2) is 5.58 Å². The molecule has 1 heterocycles. The first-order valence-electron chi connectivity index (χ1n) is 5.82. The minimum atomic E-state index is -0.239. The molecule has 0 fully saturated rings. The van der Waals surface area contributed by atoms with Gasteiger partial charge in [0.2, 0.25) is 0 Å². The van der Waals surface area contributed by atoms with Crippen molar-refractivity contribution < 1.29 is 4.42 Å². The molecule has 1 aromatic carbocycles. The lowest BCUT2D eigenvalue weighted by molar-refractivity contribution is 0.491. The van der Waals surface area contributed by atoms with E-state index >= 15 is 0 Å². The number of oxazole rings is 1. The van der Waals surface area contributed by atoms with Crippen LogP contribution in [0.1, 0.15) is 31.7 Å². The summed E-state index contributed by atoms with van der Waals surface area (Å²) in [6.45, 7) is 4.93. The van der Waals surface area contributed by atoms with Gasteiger partial charge in [0, 0.05) is 6.54 Å². The Labute approximate surface area is 94.7 Å². The van der Waals surface area contributed by atoms with Crippen LogP contribution in [0.2, 0.25) is 0 Å². The van der Waals surface area contributed by atoms with E-state index in [1.807, 2.05) is 25.1 Å². The SMILES string of the molecule is CCCCCn1c(=O)oc2ccc(C)cc21. The molecule has 0 radical (unpaired) electrons. The first kappa shape index (κ1) is 11.0. The lowest BCUT2D eigenvalue weighted by atomic mass is 10.2. The summed E-state index contributed by atoms with van der Waals surface area (Å²) in [5.41, 5.74) is 2.76. The molecule has 0 N–H and O–H groups in total. The first-order chi connectivity index (χ1) is 7.72. The van der Waals surface area contributed by atoms with Crippen LogP contribution in [0.3, 0.4) is 0 Å². The number of hydrogen-bond donors (Lipinski definition) is 0. The fourth-order valence-corrected chi connectivity index (χ4v) is 1.90. The maximum absolute atomic E-state index is 11.6. The molecule has 2 aromatic rings. The molecule has 2 rings (SSSR count). The predicted molar refractivity (Wildman–Crippen MR) is 64.7 cm³/mol. The van der Waals surface area contributed by atoms with Crippen molar-refractivity contribution in [1.29, 1.82) is 0 Å². The van der Waals surface area contributed by atoms with Crippen molar-refractivity contribution in [2.24, 2.45) is 0 Å². The number of aryl methyl sites for hydroxylation is 2. The van der Waals surface area contributed by atoms with Crippen LogP contribution in [0.4, 0.5) is 0 Å². The van der Waals surface area contributed by atoms with Gasteiger partial charge in [-0.1, -0.05) is 25.8 Å². The fourth-order valence-electron chi connectivity index (χ4n) is 1.90. The number of rotatable bonds is 4. The normalized spacial score (nSPS) is 11.1. The van der Waals surface area contributed by atoms with Gasteiger partial charge in [-0.2, -0.15) is 0 Å². The number of benzene rings is 1. The standard InChI is InChI=1S/C13H17NO2/c1-3-4-5-8-14-11-9-10(2)6-7-12(11)16-13(14)15/h6-7,9H,3-5,8H2,1-2H3. The van der Waals surface area contributed by atoms with E-state index in [4.69, 9.17) is 4.42 Å². The summed E-state index contributed by atoms with van der Waals surface area (Å²) in [7, 11) is 0. The van der Waals surface area contributed by atoms with E-state index in [1.54, 1.807) is 4.57 Å². The van der Waals surface area contributed by atoms with E-state index in [9.17, 15) is 4.79 Å². The number of nitrogens with zero attached hydrogens (tertiary/aromatic N) is 1. The van der Waals surface area contributed by atoms with Crippen molar-refractivity contribution in [3.05, 3.63) is 34.3 Å². The predicted octanol–water partition coefficient (Wildman–Crippen LogP) is 3.09. The number of fused-ring (bicyclic) bond motifs is 1. The molecule has 16 heavy (non-hydrogen) atoms. The summed E-state index contributed by atoms with van der Waals surface area (Å²) in [4.78, 5) is 11.6. The van der Waals surface area contributed by atoms with Crippen molar-refractivity contribution >= 4 is 11.1 Å². The van der Waals surface area contributed by atoms with E-state index in [1.165, 1.54) is 0 Å². The van der Waals surface area contributed by atoms with Gasteiger partial charge in [0.1, 0.15) is 0 Å². The van der Waals surface area contributed by atoms with Crippen molar-refractivity contribution in [2.45, 2.75) is 39.7 Å². The molecular weight excluding hydrogens is 202 g/mol. The minimum Gasteiger partial charge on any atom is -0.408 e. The Bertz CT molecular complexity index is 536. The molecule has 0 saturated heterocycles. The van der Waals surface area contributed by atoms with E-state index in [-0.39, 0.29) is 5.76 Å². The molecule has 86 valence electrons. The molecule has 0 saturated carbocycles. The summed E-state index contributed by atoms with van der Waals surface area (Å²) in [6, 6.07) is 5.83. The maximum atomic E-state index is 11.6. The molecule has 3 nitrogen and oxygen atoms in total. The second-order valence-electron chi connectivity index (χ2n) is 4.20. The van der Waals surface area contributed by atoms with Crippen LogP contribution in [0.5, 0.6) is 0 Å². The molecule has 0 unspecified atom stereocenters. The zero-order valence-corrected chi connectivity index (χ0v) is 9.82. The highest BCUT2D eigenvalue weighted by atomic mass is 16.4. The van der Waals surface area contributed by atoms with E-state index < -0.39 is 0 Å². The highest BCUT2D eigenvalue weighted by Crippen LogP contribution is 2.15. The average molecular weight is 219 g/mol. The fraction of sp³-hybridized carbons (Fsp3) is 0.462. The molecule has 0 spiro atoms. The molecule has 3 heteroatoms. The molecular formula is C13H17NO2. The highest BCUT2D eigenvalue weighted by molar-refractivity contribution is 5.73. The molecule has 0 amide bonds. The highest BCUT2D eigenvalue weighted by Gasteiger charge is 2.08. The maximum Gasteiger partial charge on any atom is 0.419 e. The molecule has 0 aliphatic rings. The van der Waals surface area contributed by atoms with Crippen molar-refractivity contribution in [3.8, 4) is 0 Å². The Balaban J connectivity index is 2.38. The lowest BCUT2D eigenvalue weighted by Crippen LogP contribution is -2.14. The number of unbranched alkanes of at least 4 members (excludes halogenated alkanes) is 2. The topological polar surface area (TPSA) is 35.1 Å². The Hall–Kier alpha value is -1.51. The van der Waals surface area contributed by atoms with Gasteiger partial charge >= 0.3 is 5.76 Å². The molecule has 0 bridgehead atoms. The smallest absolute Gasteiger partial charge is 0.408 e. The summed E-state index contributed by atoms with van der Waals surface area (Å²) >= 11 is 0. The van der Waals surface area contributed by atoms with E-state index in [2.05, 4.69) is 6.92 Å².